The van der Waals surface area contributed by atoms with Gasteiger partial charge in [0, 0.05) is 25.6 Å². The Morgan fingerprint density at radius 3 is 2.96 bits per heavy atom. The minimum absolute atomic E-state index is 0.192. The summed E-state index contributed by atoms with van der Waals surface area (Å²) < 4.78 is 0. The highest BCUT2D eigenvalue weighted by atomic mass is 16.1. The number of hydrogen-bond donors (Lipinski definition) is 2. The predicted octanol–water partition coefficient (Wildman–Crippen LogP) is 1.50. The summed E-state index contributed by atoms with van der Waals surface area (Å²) in [6.45, 7) is 5.66. The molecule has 2 aliphatic heterocycles. The van der Waals surface area contributed by atoms with Crippen LogP contribution in [0.15, 0.2) is 24.3 Å². The number of amides is 1. The third kappa shape index (κ3) is 4.56. The summed E-state index contributed by atoms with van der Waals surface area (Å²) in [5.74, 6) is 0.962. The molecule has 2 saturated heterocycles. The van der Waals surface area contributed by atoms with Gasteiger partial charge in [0.15, 0.2) is 0 Å². The molecule has 0 saturated carbocycles. The maximum atomic E-state index is 12.2. The van der Waals surface area contributed by atoms with Crippen LogP contribution in [0.5, 0.6) is 0 Å². The van der Waals surface area contributed by atoms with Gasteiger partial charge in [-0.3, -0.25) is 9.69 Å². The molecule has 0 radical (unpaired) electrons. The highest BCUT2D eigenvalue weighted by Crippen LogP contribution is 2.19. The van der Waals surface area contributed by atoms with Gasteiger partial charge in [-0.15, -0.1) is 0 Å². The molecule has 2 aliphatic rings. The summed E-state index contributed by atoms with van der Waals surface area (Å²) in [5, 5.41) is 15.4. The summed E-state index contributed by atoms with van der Waals surface area (Å²) in [4.78, 5) is 14.6. The molecule has 0 bridgehead atoms. The average Bonchev–Trinajstić information content (AvgIpc) is 3.08. The largest absolute Gasteiger partial charge is 0.356 e. The topological polar surface area (TPSA) is 68.2 Å². The maximum Gasteiger partial charge on any atom is 0.223 e. The van der Waals surface area contributed by atoms with Crippen LogP contribution in [0, 0.1) is 23.2 Å². The second kappa shape index (κ2) is 8.27. The minimum atomic E-state index is 0.192. The second-order valence-electron chi connectivity index (χ2n) is 6.97. The van der Waals surface area contributed by atoms with E-state index in [1.807, 2.05) is 18.2 Å². The number of carbonyl (C=O) groups excluding carboxylic acids is 1. The molecule has 2 heterocycles. The molecule has 0 aromatic heterocycles. The molecule has 1 atom stereocenters. The van der Waals surface area contributed by atoms with E-state index in [0.29, 0.717) is 5.92 Å². The Balaban J connectivity index is 1.42. The number of piperidine rings is 1. The van der Waals surface area contributed by atoms with Crippen molar-refractivity contribution in [1.29, 1.82) is 5.26 Å². The van der Waals surface area contributed by atoms with Gasteiger partial charge in [0.1, 0.15) is 0 Å². The SMILES string of the molecule is N#Cc1cccc(CN2CC[C@H](CNC(=O)C3CCNCC3)C2)c1. The van der Waals surface area contributed by atoms with Gasteiger partial charge in [-0.05, 0) is 62.5 Å². The van der Waals surface area contributed by atoms with Crippen LogP contribution in [-0.2, 0) is 11.3 Å². The molecule has 5 heteroatoms. The Morgan fingerprint density at radius 2 is 2.17 bits per heavy atom. The molecule has 1 amide bonds. The fraction of sp³-hybridized carbons (Fsp3) is 0.579. The molecule has 128 valence electrons. The molecule has 2 N–H and O–H groups in total. The van der Waals surface area contributed by atoms with Gasteiger partial charge >= 0.3 is 0 Å². The van der Waals surface area contributed by atoms with Crippen LogP contribution in [0.2, 0.25) is 0 Å². The first kappa shape index (κ1) is 16.9. The van der Waals surface area contributed by atoms with Gasteiger partial charge in [-0.2, -0.15) is 5.26 Å². The maximum absolute atomic E-state index is 12.2. The second-order valence-corrected chi connectivity index (χ2v) is 6.97. The van der Waals surface area contributed by atoms with Crippen LogP contribution in [0.3, 0.4) is 0 Å². The Labute approximate surface area is 144 Å². The third-order valence-electron chi connectivity index (χ3n) is 5.11. The zero-order valence-electron chi connectivity index (χ0n) is 14.1. The zero-order chi connectivity index (χ0) is 16.8. The standard InChI is InChI=1S/C19H26N4O/c20-11-15-2-1-3-16(10-15)13-23-9-6-17(14-23)12-22-19(24)18-4-7-21-8-5-18/h1-3,10,17-18,21H,4-9,12-14H2,(H,22,24)/t17-/m1/s1. The van der Waals surface area contributed by atoms with Crippen molar-refractivity contribution in [2.24, 2.45) is 11.8 Å². The summed E-state index contributed by atoms with van der Waals surface area (Å²) in [6, 6.07) is 10.0. The number of rotatable bonds is 5. The van der Waals surface area contributed by atoms with Gasteiger partial charge in [-0.1, -0.05) is 12.1 Å². The predicted molar refractivity (Wildman–Crippen MR) is 93.1 cm³/mol. The lowest BCUT2D eigenvalue weighted by Crippen LogP contribution is -2.40. The van der Waals surface area contributed by atoms with Gasteiger partial charge in [-0.25, -0.2) is 0 Å². The number of likely N-dealkylation sites (tertiary alicyclic amines) is 1. The minimum Gasteiger partial charge on any atom is -0.356 e. The van der Waals surface area contributed by atoms with E-state index < -0.39 is 0 Å². The quantitative estimate of drug-likeness (QED) is 0.860. The lowest BCUT2D eigenvalue weighted by molar-refractivity contribution is -0.125. The van der Waals surface area contributed by atoms with Crippen molar-refractivity contribution >= 4 is 5.91 Å². The van der Waals surface area contributed by atoms with E-state index in [9.17, 15) is 4.79 Å². The molecule has 0 unspecified atom stereocenters. The Hall–Kier alpha value is -1.90. The number of nitrogens with one attached hydrogen (secondary N) is 2. The van der Waals surface area contributed by atoms with Crippen LogP contribution >= 0.6 is 0 Å². The first-order valence-electron chi connectivity index (χ1n) is 8.94. The van der Waals surface area contributed by atoms with Crippen LogP contribution < -0.4 is 10.6 Å². The molecule has 5 nitrogen and oxygen atoms in total. The molecule has 0 aliphatic carbocycles. The number of nitrogens with zero attached hydrogens (tertiary/aromatic N) is 2. The normalized spacial score (nSPS) is 22.2. The molecular weight excluding hydrogens is 300 g/mol. The molecular formula is C19H26N4O. The molecule has 2 fully saturated rings. The summed E-state index contributed by atoms with van der Waals surface area (Å²) in [6.07, 6.45) is 3.04. The Bertz CT molecular complexity index is 604. The van der Waals surface area contributed by atoms with Crippen molar-refractivity contribution in [3.63, 3.8) is 0 Å². The lowest BCUT2D eigenvalue weighted by Gasteiger charge is -2.22. The van der Waals surface area contributed by atoms with Gasteiger partial charge in [0.25, 0.3) is 0 Å². The van der Waals surface area contributed by atoms with Crippen LogP contribution in [-0.4, -0.2) is 43.5 Å². The van der Waals surface area contributed by atoms with Crippen molar-refractivity contribution < 1.29 is 4.79 Å². The summed E-state index contributed by atoms with van der Waals surface area (Å²) >= 11 is 0. The fourth-order valence-electron chi connectivity index (χ4n) is 3.69. The fourth-order valence-corrected chi connectivity index (χ4v) is 3.69. The van der Waals surface area contributed by atoms with E-state index in [0.717, 1.165) is 64.1 Å². The Kier molecular flexibility index (Phi) is 5.84. The molecule has 24 heavy (non-hydrogen) atoms. The number of hydrogen-bond acceptors (Lipinski definition) is 4. The van der Waals surface area contributed by atoms with Crippen molar-refractivity contribution in [1.82, 2.24) is 15.5 Å². The van der Waals surface area contributed by atoms with Gasteiger partial charge in [0.05, 0.1) is 11.6 Å². The van der Waals surface area contributed by atoms with Crippen LogP contribution in [0.4, 0.5) is 0 Å². The van der Waals surface area contributed by atoms with E-state index in [1.54, 1.807) is 0 Å². The molecule has 3 rings (SSSR count). The molecule has 1 aromatic rings. The summed E-state index contributed by atoms with van der Waals surface area (Å²) in [7, 11) is 0. The monoisotopic (exact) mass is 326 g/mol. The third-order valence-corrected chi connectivity index (χ3v) is 5.11. The molecule has 1 aromatic carbocycles. The number of nitriles is 1. The Morgan fingerprint density at radius 1 is 1.33 bits per heavy atom. The lowest BCUT2D eigenvalue weighted by atomic mass is 9.97. The van der Waals surface area contributed by atoms with Crippen LogP contribution in [0.1, 0.15) is 30.4 Å². The van der Waals surface area contributed by atoms with E-state index >= 15 is 0 Å². The van der Waals surface area contributed by atoms with Crippen LogP contribution in [0.25, 0.3) is 0 Å². The van der Waals surface area contributed by atoms with Crippen molar-refractivity contribution in [2.45, 2.75) is 25.8 Å². The van der Waals surface area contributed by atoms with Gasteiger partial charge < -0.3 is 10.6 Å². The van der Waals surface area contributed by atoms with Crippen molar-refractivity contribution in [3.05, 3.63) is 35.4 Å². The van der Waals surface area contributed by atoms with E-state index in [-0.39, 0.29) is 11.8 Å². The first-order chi connectivity index (χ1) is 11.7. The summed E-state index contributed by atoms with van der Waals surface area (Å²) in [5.41, 5.74) is 1.91. The van der Waals surface area contributed by atoms with Gasteiger partial charge in [0.2, 0.25) is 5.91 Å². The van der Waals surface area contributed by atoms with E-state index in [2.05, 4.69) is 27.7 Å². The van der Waals surface area contributed by atoms with Crippen molar-refractivity contribution in [2.75, 3.05) is 32.7 Å². The zero-order valence-corrected chi connectivity index (χ0v) is 14.1. The molecule has 0 spiro atoms. The van der Waals surface area contributed by atoms with E-state index in [1.165, 1.54) is 5.56 Å². The van der Waals surface area contributed by atoms with Crippen molar-refractivity contribution in [3.8, 4) is 6.07 Å². The highest BCUT2D eigenvalue weighted by molar-refractivity contribution is 5.78. The average molecular weight is 326 g/mol. The smallest absolute Gasteiger partial charge is 0.223 e. The van der Waals surface area contributed by atoms with E-state index in [4.69, 9.17) is 5.26 Å². The first-order valence-corrected chi connectivity index (χ1v) is 8.94. The number of benzene rings is 1. The highest BCUT2D eigenvalue weighted by Gasteiger charge is 2.25. The number of carbonyl (C=O) groups is 1.